The summed E-state index contributed by atoms with van der Waals surface area (Å²) in [6.45, 7) is 4.92. The van der Waals surface area contributed by atoms with Gasteiger partial charge in [-0.2, -0.15) is 0 Å². The molecule has 174 valence electrons. The molecule has 1 saturated heterocycles. The first-order chi connectivity index (χ1) is 16.5. The second-order valence-corrected chi connectivity index (χ2v) is 9.05. The average molecular weight is 458 g/mol. The Morgan fingerprint density at radius 1 is 0.971 bits per heavy atom. The van der Waals surface area contributed by atoms with Crippen molar-refractivity contribution in [2.45, 2.75) is 38.9 Å². The fraction of sp³-hybridized carbons (Fsp3) is 0.296. The molecule has 1 N–H and O–H groups in total. The maximum Gasteiger partial charge on any atom is 0.261 e. The lowest BCUT2D eigenvalue weighted by atomic mass is 10.0. The summed E-state index contributed by atoms with van der Waals surface area (Å²) in [5.41, 5.74) is 3.54. The van der Waals surface area contributed by atoms with E-state index in [1.807, 2.05) is 0 Å². The van der Waals surface area contributed by atoms with Gasteiger partial charge in [0.05, 0.1) is 23.9 Å². The standard InChI is InChI=1S/C27H27N3O4/c1-18-4-2-5-19(14-18)16-29-11-9-21(10-12-29)28-25(31)20-7-8-23-24(15-20)27(33)30(26(23)32)17-22-6-3-13-34-22/h2-8,13-15,21H,9-12,16-17H2,1H3,(H,28,31). The largest absolute Gasteiger partial charge is 0.467 e. The Balaban J connectivity index is 1.19. The quantitative estimate of drug-likeness (QED) is 0.570. The Kier molecular flexibility index (Phi) is 6.02. The van der Waals surface area contributed by atoms with Crippen LogP contribution in [0.3, 0.4) is 0 Å². The molecule has 7 nitrogen and oxygen atoms in total. The van der Waals surface area contributed by atoms with Crippen molar-refractivity contribution in [1.29, 1.82) is 0 Å². The second-order valence-electron chi connectivity index (χ2n) is 9.05. The van der Waals surface area contributed by atoms with Crippen LogP contribution in [-0.2, 0) is 13.1 Å². The summed E-state index contributed by atoms with van der Waals surface area (Å²) in [7, 11) is 0. The molecule has 1 fully saturated rings. The van der Waals surface area contributed by atoms with E-state index in [1.54, 1.807) is 24.3 Å². The van der Waals surface area contributed by atoms with Gasteiger partial charge >= 0.3 is 0 Å². The SMILES string of the molecule is Cc1cccc(CN2CCC(NC(=O)c3ccc4c(c3)C(=O)N(Cc3ccco3)C4=O)CC2)c1. The fourth-order valence-electron chi connectivity index (χ4n) is 4.71. The highest BCUT2D eigenvalue weighted by atomic mass is 16.3. The van der Waals surface area contributed by atoms with Crippen LogP contribution in [0.1, 0.15) is 60.8 Å². The lowest BCUT2D eigenvalue weighted by Gasteiger charge is -2.32. The van der Waals surface area contributed by atoms with E-state index < -0.39 is 5.91 Å². The number of nitrogens with zero attached hydrogens (tertiary/aromatic N) is 2. The van der Waals surface area contributed by atoms with Crippen molar-refractivity contribution in [2.75, 3.05) is 13.1 Å². The summed E-state index contributed by atoms with van der Waals surface area (Å²) >= 11 is 0. The van der Waals surface area contributed by atoms with E-state index in [9.17, 15) is 14.4 Å². The molecule has 2 aliphatic rings. The van der Waals surface area contributed by atoms with Crippen molar-refractivity contribution < 1.29 is 18.8 Å². The molecule has 5 rings (SSSR count). The van der Waals surface area contributed by atoms with Crippen LogP contribution in [0.25, 0.3) is 0 Å². The first-order valence-electron chi connectivity index (χ1n) is 11.6. The maximum absolute atomic E-state index is 12.9. The highest BCUT2D eigenvalue weighted by Crippen LogP contribution is 2.26. The predicted molar refractivity (Wildman–Crippen MR) is 126 cm³/mol. The number of nitrogens with one attached hydrogen (secondary N) is 1. The minimum atomic E-state index is -0.407. The van der Waals surface area contributed by atoms with Gasteiger partial charge in [-0.25, -0.2) is 0 Å². The van der Waals surface area contributed by atoms with Gasteiger partial charge in [-0.3, -0.25) is 24.2 Å². The number of likely N-dealkylation sites (tertiary alicyclic amines) is 1. The molecule has 0 aliphatic carbocycles. The van der Waals surface area contributed by atoms with Crippen LogP contribution >= 0.6 is 0 Å². The summed E-state index contributed by atoms with van der Waals surface area (Å²) in [4.78, 5) is 42.0. The third-order valence-corrected chi connectivity index (χ3v) is 6.54. The summed E-state index contributed by atoms with van der Waals surface area (Å²) in [5, 5.41) is 3.10. The second kappa shape index (κ2) is 9.27. The zero-order chi connectivity index (χ0) is 23.7. The first kappa shape index (κ1) is 22.1. The molecule has 0 bridgehead atoms. The Bertz CT molecular complexity index is 1230. The van der Waals surface area contributed by atoms with Crippen LogP contribution in [0.15, 0.2) is 65.3 Å². The summed E-state index contributed by atoms with van der Waals surface area (Å²) in [6.07, 6.45) is 3.25. The molecule has 0 atom stereocenters. The van der Waals surface area contributed by atoms with E-state index >= 15 is 0 Å². The van der Waals surface area contributed by atoms with Crippen molar-refractivity contribution in [1.82, 2.24) is 15.1 Å². The summed E-state index contributed by atoms with van der Waals surface area (Å²) < 4.78 is 5.27. The van der Waals surface area contributed by atoms with Gasteiger partial charge in [0.1, 0.15) is 5.76 Å². The van der Waals surface area contributed by atoms with Gasteiger partial charge in [0, 0.05) is 31.2 Å². The number of benzene rings is 2. The Labute approximate surface area is 198 Å². The molecule has 2 aliphatic heterocycles. The van der Waals surface area contributed by atoms with E-state index in [0.29, 0.717) is 16.9 Å². The van der Waals surface area contributed by atoms with Gasteiger partial charge in [0.25, 0.3) is 17.7 Å². The van der Waals surface area contributed by atoms with Crippen molar-refractivity contribution >= 4 is 17.7 Å². The van der Waals surface area contributed by atoms with E-state index in [0.717, 1.165) is 37.4 Å². The molecule has 0 unspecified atom stereocenters. The van der Waals surface area contributed by atoms with Crippen molar-refractivity contribution in [3.63, 3.8) is 0 Å². The first-order valence-corrected chi connectivity index (χ1v) is 11.6. The summed E-state index contributed by atoms with van der Waals surface area (Å²) in [5.74, 6) is -0.467. The molecule has 34 heavy (non-hydrogen) atoms. The molecule has 3 aromatic rings. The number of furan rings is 1. The number of carbonyl (C=O) groups excluding carboxylic acids is 3. The minimum Gasteiger partial charge on any atom is -0.467 e. The topological polar surface area (TPSA) is 82.9 Å². The maximum atomic E-state index is 12.9. The van der Waals surface area contributed by atoms with Crippen LogP contribution in [0.2, 0.25) is 0 Å². The molecule has 7 heteroatoms. The molecule has 0 radical (unpaired) electrons. The Hall–Kier alpha value is -3.71. The number of carbonyl (C=O) groups is 3. The van der Waals surface area contributed by atoms with Crippen molar-refractivity contribution in [2.24, 2.45) is 0 Å². The monoisotopic (exact) mass is 457 g/mol. The third kappa shape index (κ3) is 4.52. The number of rotatable bonds is 6. The van der Waals surface area contributed by atoms with Gasteiger partial charge in [0.2, 0.25) is 0 Å². The van der Waals surface area contributed by atoms with E-state index in [2.05, 4.69) is 41.4 Å². The third-order valence-electron chi connectivity index (χ3n) is 6.54. The zero-order valence-electron chi connectivity index (χ0n) is 19.1. The van der Waals surface area contributed by atoms with Crippen LogP contribution in [0.5, 0.6) is 0 Å². The number of aryl methyl sites for hydroxylation is 1. The number of amides is 3. The zero-order valence-corrected chi connectivity index (χ0v) is 19.1. The molecule has 0 saturated carbocycles. The Morgan fingerprint density at radius 2 is 1.76 bits per heavy atom. The predicted octanol–water partition coefficient (Wildman–Crippen LogP) is 3.78. The molecular weight excluding hydrogens is 430 g/mol. The summed E-state index contributed by atoms with van der Waals surface area (Å²) in [6, 6.07) is 16.8. The normalized spacial score (nSPS) is 16.7. The molecule has 2 aromatic carbocycles. The van der Waals surface area contributed by atoms with Crippen molar-refractivity contribution in [3.05, 3.63) is 94.4 Å². The van der Waals surface area contributed by atoms with Gasteiger partial charge in [-0.15, -0.1) is 0 Å². The lowest BCUT2D eigenvalue weighted by Crippen LogP contribution is -2.44. The van der Waals surface area contributed by atoms with Crippen molar-refractivity contribution in [3.8, 4) is 0 Å². The number of hydrogen-bond donors (Lipinski definition) is 1. The number of imide groups is 1. The van der Waals surface area contributed by atoms with Crippen LogP contribution < -0.4 is 5.32 Å². The molecule has 0 spiro atoms. The molecule has 3 heterocycles. The number of fused-ring (bicyclic) bond motifs is 1. The highest BCUT2D eigenvalue weighted by molar-refractivity contribution is 6.22. The number of hydrogen-bond acceptors (Lipinski definition) is 5. The van der Waals surface area contributed by atoms with Gasteiger partial charge < -0.3 is 9.73 Å². The fourth-order valence-corrected chi connectivity index (χ4v) is 4.71. The van der Waals surface area contributed by atoms with E-state index in [4.69, 9.17) is 4.42 Å². The lowest BCUT2D eigenvalue weighted by molar-refractivity contribution is 0.0631. The van der Waals surface area contributed by atoms with Gasteiger partial charge in [-0.1, -0.05) is 29.8 Å². The van der Waals surface area contributed by atoms with Crippen LogP contribution in [-0.4, -0.2) is 46.7 Å². The average Bonchev–Trinajstić information content (AvgIpc) is 3.43. The highest BCUT2D eigenvalue weighted by Gasteiger charge is 2.36. The molecule has 3 amide bonds. The van der Waals surface area contributed by atoms with E-state index in [1.165, 1.54) is 23.5 Å². The smallest absolute Gasteiger partial charge is 0.261 e. The van der Waals surface area contributed by atoms with Gasteiger partial charge in [0.15, 0.2) is 0 Å². The van der Waals surface area contributed by atoms with Crippen LogP contribution in [0, 0.1) is 6.92 Å². The van der Waals surface area contributed by atoms with Crippen LogP contribution in [0.4, 0.5) is 0 Å². The minimum absolute atomic E-state index is 0.0714. The number of piperidine rings is 1. The Morgan fingerprint density at radius 3 is 2.50 bits per heavy atom. The molecule has 1 aromatic heterocycles. The molecular formula is C27H27N3O4. The van der Waals surface area contributed by atoms with Gasteiger partial charge in [-0.05, 0) is 55.7 Å². The van der Waals surface area contributed by atoms with E-state index in [-0.39, 0.29) is 30.0 Å².